The highest BCUT2D eigenvalue weighted by molar-refractivity contribution is 5.72. The van der Waals surface area contributed by atoms with Crippen molar-refractivity contribution in [3.8, 4) is 0 Å². The monoisotopic (exact) mass is 1870 g/mol. The van der Waals surface area contributed by atoms with Crippen molar-refractivity contribution in [3.05, 3.63) is 170 Å². The number of carbonyl (C=O) groups excluding carboxylic acids is 2. The molecule has 0 aromatic carbocycles. The van der Waals surface area contributed by atoms with Crippen LogP contribution in [0.15, 0.2) is 170 Å². The first-order valence-electron chi connectivity index (χ1n) is 45.7. The lowest BCUT2D eigenvalue weighted by atomic mass is 9.82. The van der Waals surface area contributed by atoms with E-state index in [-0.39, 0.29) is 50.4 Å². The average Bonchev–Trinajstić information content (AvgIpc) is 0.805. The number of rotatable bonds is 11. The molecule has 38 atom stereocenters. The number of hydrogen-bond acceptors (Lipinski definition) is 34. The van der Waals surface area contributed by atoms with Gasteiger partial charge in [0.25, 0.3) is 0 Å². The lowest BCUT2D eigenvalue weighted by molar-refractivity contribution is -0.345. The van der Waals surface area contributed by atoms with Gasteiger partial charge in [0, 0.05) is 75.0 Å². The van der Waals surface area contributed by atoms with Gasteiger partial charge in [0.05, 0.1) is 172 Å². The minimum absolute atomic E-state index is 0.268. The van der Waals surface area contributed by atoms with Crippen LogP contribution in [0.4, 0.5) is 0 Å². The number of aliphatic hydroxyl groups is 18. The third-order valence-electron chi connectivity index (χ3n) is 24.8. The molecule has 4 bridgehead atoms. The van der Waals surface area contributed by atoms with Crippen LogP contribution in [-0.4, -0.2) is 334 Å². The second-order valence-corrected chi connectivity index (χ2v) is 35.8. The first kappa shape index (κ1) is 114. The van der Waals surface area contributed by atoms with Gasteiger partial charge in [0.15, 0.2) is 24.2 Å². The Morgan fingerprint density at radius 3 is 0.939 bits per heavy atom. The van der Waals surface area contributed by atoms with Gasteiger partial charge in [-0.3, -0.25) is 19.2 Å². The lowest BCUT2D eigenvalue weighted by Crippen LogP contribution is -2.62. The molecule has 0 aromatic heterocycles. The van der Waals surface area contributed by atoms with Gasteiger partial charge < -0.3 is 161 Å². The highest BCUT2D eigenvalue weighted by Crippen LogP contribution is 2.44. The smallest absolute Gasteiger partial charge is 0.311 e. The van der Waals surface area contributed by atoms with Gasteiger partial charge in [-0.05, 0) is 66.2 Å². The van der Waals surface area contributed by atoms with E-state index in [2.05, 4.69) is 0 Å². The molecule has 0 radical (unpaired) electrons. The Morgan fingerprint density at radius 1 is 0.341 bits per heavy atom. The summed E-state index contributed by atoms with van der Waals surface area (Å²) in [6.45, 7) is 11.6. The number of carbonyl (C=O) groups is 4. The molecule has 0 saturated carbocycles. The van der Waals surface area contributed by atoms with Gasteiger partial charge in [-0.2, -0.15) is 0 Å². The molecule has 36 nitrogen and oxygen atoms in total. The average molecular weight is 1870 g/mol. The van der Waals surface area contributed by atoms with E-state index in [9.17, 15) is 121 Å². The fraction of sp³-hybridized carbons (Fsp3) is 0.667. The molecule has 0 aliphatic carbocycles. The van der Waals surface area contributed by atoms with E-state index < -0.39 is 320 Å². The van der Waals surface area contributed by atoms with Crippen LogP contribution in [0.1, 0.15) is 158 Å². The van der Waals surface area contributed by atoms with Gasteiger partial charge >= 0.3 is 23.9 Å². The summed E-state index contributed by atoms with van der Waals surface area (Å²) in [5, 5.41) is 228. The summed E-state index contributed by atoms with van der Waals surface area (Å²) >= 11 is 0. The quantitative estimate of drug-likeness (QED) is 0.104. The maximum atomic E-state index is 13.6. The number of carboxylic acids is 2. The molecule has 4 fully saturated rings. The maximum Gasteiger partial charge on any atom is 0.311 e. The SMILES string of the molecule is C[C@@H]1[C@H](O)[C@@H](C)C=CC=CC=CC=CC=CC=CC=C[C@H](O[C@@H]2O[C@H](C)[C@@H](O)[C@H](N)[C@@H]2O)C[C@@H]2O[C@](OCCO[C@]34C[C@@H](O)C[C@@H](O)[C@H](O)CC[C@@H](O)C[C@@H](O)CC(=O)O[C@@H](C)[C@H](C)[C@H](O)[C@@H](C)C=CC=CC=CC=CC=CC=CC=C[C@H](O[C@@H]5O[C@H](C)[C@@H](O)[C@H](N)[C@@H]5O)C[C@H](O3)[C@H](C(=O)O)[C@@H](O)C4)(C[C@@H](O)C[C@@H](O)[C@H](O)CC[C@@H](O)C[C@@H](O)CC(=O)O[C@H]1C)C[C@H](O)[C@H]2C(=O)O. The fourth-order valence-corrected chi connectivity index (χ4v) is 16.7. The molecule has 0 aromatic rings. The fourth-order valence-electron chi connectivity index (χ4n) is 16.7. The lowest BCUT2D eigenvalue weighted by Gasteiger charge is -2.48. The normalized spacial score (nSPS) is 41.7. The zero-order valence-electron chi connectivity index (χ0n) is 76.5. The second kappa shape index (κ2) is 57.4. The number of hydrogen-bond donors (Lipinski definition) is 22. The summed E-state index contributed by atoms with van der Waals surface area (Å²) in [5.74, 6) is -15.2. The number of cyclic esters (lactones) is 2. The predicted octanol–water partition coefficient (Wildman–Crippen LogP) is 2.49. The van der Waals surface area contributed by atoms with Crippen molar-refractivity contribution in [2.75, 3.05) is 13.2 Å². The molecule has 0 amide bonds. The Labute approximate surface area is 772 Å². The Balaban J connectivity index is 1.42. The number of carboxylic acid groups (broad SMARTS) is 2. The molecule has 746 valence electrons. The number of fused-ring (bicyclic) bond motifs is 4. The molecule has 36 heteroatoms. The third kappa shape index (κ3) is 37.9. The van der Waals surface area contributed by atoms with Crippen molar-refractivity contribution < 1.29 is 169 Å². The van der Waals surface area contributed by atoms with E-state index >= 15 is 0 Å². The Hall–Kier alpha value is -6.88. The van der Waals surface area contributed by atoms with Gasteiger partial charge in [-0.15, -0.1) is 0 Å². The largest absolute Gasteiger partial charge is 0.481 e. The molecule has 6 heterocycles. The number of esters is 2. The standard InChI is InChI=1S/C96H148N2O34/c1-55-33-29-25-21-17-13-9-11-15-19-23-27-31-35-69(129-93-89(117)83(97)87(115)61(7)127-93)49-77-81(91(119)120)75(109)53-95(131-77,51-67(103)45-73(107)71(105)39-37-63(99)43-65(101)47-79(111)125-59(5)57(3)85(55)113)123-41-42-124-96-52-68(104)46-74(108)72(106)40-38-64(100)44-66(102)48-80(112)126-60(6)58(4)86(114)56(2)34-30-26-22-18-14-10-12-16-20-24-28-32-36-70(50-78(132-96)82(92(121)122)76(110)54-96)130-94-90(118)84(98)88(116)62(8)128-94/h9-36,55-78,81-90,93-94,99-110,113-118H,37-54,97-98H2,1-8H3,(H,119,120)(H,121,122)/t55-,56-,57-,58-,59-,60-,61+,62+,63+,64+,65+,66+,67-,68-,69-,70-,71+,72+,73+,74+,75-,76-,77-,78-,81+,82+,83-,84-,85+,86+,87+,88+,89-,90-,93-,94-,95+,96+/m0/s1. The number of aliphatic carboxylic acids is 2. The molecule has 6 aliphatic heterocycles. The van der Waals surface area contributed by atoms with E-state index in [1.807, 2.05) is 0 Å². The van der Waals surface area contributed by atoms with Gasteiger partial charge in [-0.25, -0.2) is 0 Å². The number of ether oxygens (including phenoxy) is 10. The van der Waals surface area contributed by atoms with Gasteiger partial charge in [0.2, 0.25) is 0 Å². The van der Waals surface area contributed by atoms with Crippen molar-refractivity contribution in [1.29, 1.82) is 0 Å². The summed E-state index contributed by atoms with van der Waals surface area (Å²) in [6.07, 6.45) is -2.90. The van der Waals surface area contributed by atoms with Crippen molar-refractivity contribution in [1.82, 2.24) is 0 Å². The molecule has 24 N–H and O–H groups in total. The van der Waals surface area contributed by atoms with Crippen LogP contribution < -0.4 is 11.5 Å². The molecule has 6 aliphatic rings. The minimum Gasteiger partial charge on any atom is -0.481 e. The molecular weight excluding hydrogens is 1730 g/mol. The summed E-state index contributed by atoms with van der Waals surface area (Å²) in [7, 11) is 0. The van der Waals surface area contributed by atoms with E-state index in [0.717, 1.165) is 0 Å². The molecule has 4 saturated heterocycles. The van der Waals surface area contributed by atoms with E-state index in [0.29, 0.717) is 0 Å². The van der Waals surface area contributed by atoms with Crippen molar-refractivity contribution in [2.24, 2.45) is 47.0 Å². The van der Waals surface area contributed by atoms with Gasteiger partial charge in [-0.1, -0.05) is 198 Å². The zero-order valence-corrected chi connectivity index (χ0v) is 76.5. The Kier molecular flexibility index (Phi) is 49.5. The Morgan fingerprint density at radius 2 is 0.636 bits per heavy atom. The number of aliphatic hydroxyl groups excluding tert-OH is 18. The van der Waals surface area contributed by atoms with Crippen molar-refractivity contribution in [2.45, 2.75) is 353 Å². The van der Waals surface area contributed by atoms with Crippen LogP contribution in [0, 0.1) is 35.5 Å². The molecular formula is C96H148N2O34. The van der Waals surface area contributed by atoms with Crippen molar-refractivity contribution >= 4 is 23.9 Å². The van der Waals surface area contributed by atoms with Crippen LogP contribution in [0.25, 0.3) is 0 Å². The number of allylic oxidation sites excluding steroid dienone is 24. The first-order valence-corrected chi connectivity index (χ1v) is 45.7. The first-order chi connectivity index (χ1) is 62.4. The topological polar surface area (TPSA) is 617 Å². The van der Waals surface area contributed by atoms with Crippen LogP contribution in [0.2, 0.25) is 0 Å². The second-order valence-electron chi connectivity index (χ2n) is 35.8. The minimum atomic E-state index is -2.40. The third-order valence-corrected chi connectivity index (χ3v) is 24.8. The molecule has 6 rings (SSSR count). The maximum absolute atomic E-state index is 13.6. The number of nitrogens with two attached hydrogens (primary N) is 2. The van der Waals surface area contributed by atoms with E-state index in [4.69, 9.17) is 58.8 Å². The summed E-state index contributed by atoms with van der Waals surface area (Å²) in [4.78, 5) is 53.4. The van der Waals surface area contributed by atoms with Crippen LogP contribution in [0.3, 0.4) is 0 Å². The highest BCUT2D eigenvalue weighted by Gasteiger charge is 2.56. The molecule has 0 spiro atoms. The molecule has 132 heavy (non-hydrogen) atoms. The van der Waals surface area contributed by atoms with E-state index in [1.54, 1.807) is 187 Å². The Bertz CT molecular complexity index is 3640. The molecule has 0 unspecified atom stereocenters. The summed E-state index contributed by atoms with van der Waals surface area (Å²) < 4.78 is 62.4. The van der Waals surface area contributed by atoms with Gasteiger partial charge in [0.1, 0.15) is 36.3 Å². The van der Waals surface area contributed by atoms with Crippen LogP contribution >= 0.6 is 0 Å². The van der Waals surface area contributed by atoms with Crippen molar-refractivity contribution in [3.63, 3.8) is 0 Å². The highest BCUT2D eigenvalue weighted by atomic mass is 16.7. The predicted molar refractivity (Wildman–Crippen MR) is 481 cm³/mol. The zero-order chi connectivity index (χ0) is 97.7. The summed E-state index contributed by atoms with van der Waals surface area (Å²) in [6, 6.07) is -2.65. The van der Waals surface area contributed by atoms with Crippen LogP contribution in [-0.2, 0) is 66.5 Å². The summed E-state index contributed by atoms with van der Waals surface area (Å²) in [5.41, 5.74) is 12.5. The van der Waals surface area contributed by atoms with Crippen LogP contribution in [0.5, 0.6) is 0 Å². The van der Waals surface area contributed by atoms with E-state index in [1.165, 1.54) is 38.2 Å².